The molecule has 0 bridgehead atoms. The minimum absolute atomic E-state index is 0.382. The molecule has 0 aromatic carbocycles. The van der Waals surface area contributed by atoms with Crippen LogP contribution in [-0.2, 0) is 4.74 Å². The highest BCUT2D eigenvalue weighted by Gasteiger charge is 2.23. The van der Waals surface area contributed by atoms with E-state index in [-0.39, 0.29) is 5.54 Å². The Balaban J connectivity index is 2.22. The van der Waals surface area contributed by atoms with E-state index < -0.39 is 0 Å². The Labute approximate surface area is 98.6 Å². The monoisotopic (exact) mass is 225 g/mol. The normalized spacial score (nSPS) is 24.3. The molecule has 0 amide bonds. The maximum atomic E-state index is 9.02. The lowest BCUT2D eigenvalue weighted by Gasteiger charge is -2.25. The number of hydrogen-bond donors (Lipinski definition) is 1. The van der Waals surface area contributed by atoms with E-state index in [1.165, 1.54) is 0 Å². The zero-order chi connectivity index (χ0) is 12.0. The molecule has 0 aromatic heterocycles. The second kappa shape index (κ2) is 6.19. The summed E-state index contributed by atoms with van der Waals surface area (Å²) in [6, 6.07) is 2.89. The first-order chi connectivity index (χ1) is 7.61. The summed E-state index contributed by atoms with van der Waals surface area (Å²) < 4.78 is 5.36. The van der Waals surface area contributed by atoms with E-state index >= 15 is 0 Å². The standard InChI is InChI=1S/C12H23N3O/c1-12(10-13,14-2)6-4-7-15(3)11-5-8-16-9-11/h11,14H,4-9H2,1-3H3. The third kappa shape index (κ3) is 3.75. The number of nitrogens with zero attached hydrogens (tertiary/aromatic N) is 2. The van der Waals surface area contributed by atoms with Crippen LogP contribution in [0.2, 0.25) is 0 Å². The predicted molar refractivity (Wildman–Crippen MR) is 64.2 cm³/mol. The molecule has 1 rings (SSSR count). The highest BCUT2D eigenvalue weighted by molar-refractivity contribution is 5.02. The lowest BCUT2D eigenvalue weighted by atomic mass is 9.98. The molecule has 1 aliphatic rings. The molecule has 1 aliphatic heterocycles. The van der Waals surface area contributed by atoms with Crippen molar-refractivity contribution < 1.29 is 4.74 Å². The molecule has 1 N–H and O–H groups in total. The minimum atomic E-state index is -0.382. The van der Waals surface area contributed by atoms with Gasteiger partial charge in [0.1, 0.15) is 5.54 Å². The second-order valence-electron chi connectivity index (χ2n) is 4.80. The van der Waals surface area contributed by atoms with Crippen LogP contribution in [0.25, 0.3) is 0 Å². The van der Waals surface area contributed by atoms with Gasteiger partial charge >= 0.3 is 0 Å². The zero-order valence-corrected chi connectivity index (χ0v) is 10.6. The average Bonchev–Trinajstić information content (AvgIpc) is 2.82. The summed E-state index contributed by atoms with van der Waals surface area (Å²) in [5.74, 6) is 0. The van der Waals surface area contributed by atoms with Crippen molar-refractivity contribution in [2.45, 2.75) is 37.8 Å². The van der Waals surface area contributed by atoms with Crippen LogP contribution in [0.15, 0.2) is 0 Å². The first kappa shape index (κ1) is 13.4. The molecule has 0 aromatic rings. The lowest BCUT2D eigenvalue weighted by molar-refractivity contribution is 0.157. The fourth-order valence-electron chi connectivity index (χ4n) is 1.97. The summed E-state index contributed by atoms with van der Waals surface area (Å²) in [5.41, 5.74) is -0.382. The van der Waals surface area contributed by atoms with Gasteiger partial charge in [0, 0.05) is 12.6 Å². The molecular formula is C12H23N3O. The molecule has 1 heterocycles. The third-order valence-electron chi connectivity index (χ3n) is 3.52. The molecule has 0 radical (unpaired) electrons. The van der Waals surface area contributed by atoms with Crippen molar-refractivity contribution >= 4 is 0 Å². The van der Waals surface area contributed by atoms with E-state index in [1.807, 2.05) is 14.0 Å². The van der Waals surface area contributed by atoms with Crippen LogP contribution in [0, 0.1) is 11.3 Å². The van der Waals surface area contributed by atoms with Gasteiger partial charge in [-0.1, -0.05) is 0 Å². The van der Waals surface area contributed by atoms with E-state index in [2.05, 4.69) is 23.3 Å². The molecule has 92 valence electrons. The van der Waals surface area contributed by atoms with Gasteiger partial charge in [0.2, 0.25) is 0 Å². The molecule has 1 saturated heterocycles. The van der Waals surface area contributed by atoms with Crippen LogP contribution in [0.3, 0.4) is 0 Å². The van der Waals surface area contributed by atoms with Gasteiger partial charge in [0.15, 0.2) is 0 Å². The van der Waals surface area contributed by atoms with Gasteiger partial charge in [-0.25, -0.2) is 0 Å². The van der Waals surface area contributed by atoms with Crippen molar-refractivity contribution in [2.24, 2.45) is 0 Å². The van der Waals surface area contributed by atoms with Gasteiger partial charge in [-0.2, -0.15) is 5.26 Å². The molecule has 4 nitrogen and oxygen atoms in total. The van der Waals surface area contributed by atoms with Crippen LogP contribution in [0.4, 0.5) is 0 Å². The van der Waals surface area contributed by atoms with Crippen molar-refractivity contribution in [1.29, 1.82) is 5.26 Å². The average molecular weight is 225 g/mol. The summed E-state index contributed by atoms with van der Waals surface area (Å²) in [7, 11) is 3.99. The summed E-state index contributed by atoms with van der Waals surface area (Å²) in [4.78, 5) is 2.35. The van der Waals surface area contributed by atoms with Gasteiger partial charge < -0.3 is 15.0 Å². The van der Waals surface area contributed by atoms with E-state index in [0.717, 1.165) is 39.0 Å². The Morgan fingerprint density at radius 1 is 1.62 bits per heavy atom. The molecule has 0 aliphatic carbocycles. The van der Waals surface area contributed by atoms with Crippen LogP contribution in [0.5, 0.6) is 0 Å². The quantitative estimate of drug-likeness (QED) is 0.732. The van der Waals surface area contributed by atoms with Crippen LogP contribution in [0.1, 0.15) is 26.2 Å². The molecule has 0 spiro atoms. The number of likely N-dealkylation sites (N-methyl/N-ethyl adjacent to an activating group) is 1. The maximum absolute atomic E-state index is 9.02. The van der Waals surface area contributed by atoms with Crippen LogP contribution >= 0.6 is 0 Å². The van der Waals surface area contributed by atoms with E-state index in [4.69, 9.17) is 10.00 Å². The largest absolute Gasteiger partial charge is 0.380 e. The Morgan fingerprint density at radius 3 is 2.88 bits per heavy atom. The number of nitriles is 1. The van der Waals surface area contributed by atoms with Crippen molar-refractivity contribution in [2.75, 3.05) is 33.9 Å². The fraction of sp³-hybridized carbons (Fsp3) is 0.917. The minimum Gasteiger partial charge on any atom is -0.380 e. The SMILES string of the molecule is CNC(C)(C#N)CCCN(C)C1CCOC1. The van der Waals surface area contributed by atoms with E-state index in [9.17, 15) is 0 Å². The van der Waals surface area contributed by atoms with Crippen molar-refractivity contribution in [3.05, 3.63) is 0 Å². The summed E-state index contributed by atoms with van der Waals surface area (Å²) in [6.45, 7) is 4.73. The number of hydrogen-bond acceptors (Lipinski definition) is 4. The van der Waals surface area contributed by atoms with Crippen molar-refractivity contribution in [3.8, 4) is 6.07 Å². The number of rotatable bonds is 6. The highest BCUT2D eigenvalue weighted by atomic mass is 16.5. The van der Waals surface area contributed by atoms with E-state index in [1.54, 1.807) is 0 Å². The van der Waals surface area contributed by atoms with E-state index in [0.29, 0.717) is 6.04 Å². The molecule has 1 fully saturated rings. The van der Waals surface area contributed by atoms with Gasteiger partial charge in [0.25, 0.3) is 0 Å². The Kier molecular flexibility index (Phi) is 5.20. The van der Waals surface area contributed by atoms with Crippen molar-refractivity contribution in [1.82, 2.24) is 10.2 Å². The molecule has 4 heteroatoms. The molecule has 16 heavy (non-hydrogen) atoms. The highest BCUT2D eigenvalue weighted by Crippen LogP contribution is 2.14. The molecule has 2 unspecified atom stereocenters. The summed E-state index contributed by atoms with van der Waals surface area (Å²) in [6.07, 6.45) is 3.06. The summed E-state index contributed by atoms with van der Waals surface area (Å²) in [5, 5.41) is 12.1. The Hall–Kier alpha value is -0.630. The fourth-order valence-corrected chi connectivity index (χ4v) is 1.97. The second-order valence-corrected chi connectivity index (χ2v) is 4.80. The van der Waals surface area contributed by atoms with Crippen LogP contribution < -0.4 is 5.32 Å². The summed E-state index contributed by atoms with van der Waals surface area (Å²) >= 11 is 0. The number of nitrogens with one attached hydrogen (secondary N) is 1. The zero-order valence-electron chi connectivity index (χ0n) is 10.6. The van der Waals surface area contributed by atoms with Gasteiger partial charge in [-0.15, -0.1) is 0 Å². The predicted octanol–water partition coefficient (Wildman–Crippen LogP) is 0.989. The Morgan fingerprint density at radius 2 is 2.38 bits per heavy atom. The number of ether oxygens (including phenoxy) is 1. The first-order valence-electron chi connectivity index (χ1n) is 5.99. The smallest absolute Gasteiger partial charge is 0.103 e. The molecule has 2 atom stereocenters. The maximum Gasteiger partial charge on any atom is 0.103 e. The molecular weight excluding hydrogens is 202 g/mol. The topological polar surface area (TPSA) is 48.3 Å². The first-order valence-corrected chi connectivity index (χ1v) is 5.99. The molecule has 0 saturated carbocycles. The van der Waals surface area contributed by atoms with Gasteiger partial charge in [0.05, 0.1) is 12.7 Å². The lowest BCUT2D eigenvalue weighted by Crippen LogP contribution is -2.39. The Bertz CT molecular complexity index is 245. The van der Waals surface area contributed by atoms with Crippen molar-refractivity contribution in [3.63, 3.8) is 0 Å². The third-order valence-corrected chi connectivity index (χ3v) is 3.52. The van der Waals surface area contributed by atoms with Crippen LogP contribution in [-0.4, -0.2) is 50.3 Å². The van der Waals surface area contributed by atoms with Gasteiger partial charge in [-0.05, 0) is 46.8 Å². The van der Waals surface area contributed by atoms with Gasteiger partial charge in [-0.3, -0.25) is 0 Å².